The molecule has 0 saturated carbocycles. The van der Waals surface area contributed by atoms with E-state index in [1.54, 1.807) is 24.4 Å². The van der Waals surface area contributed by atoms with Gasteiger partial charge in [0.15, 0.2) is 5.82 Å². The Labute approximate surface area is 112 Å². The van der Waals surface area contributed by atoms with Crippen LogP contribution >= 0.6 is 0 Å². The number of aromatic hydroxyl groups is 1. The van der Waals surface area contributed by atoms with Crippen LogP contribution in [0.4, 0.5) is 0 Å². The van der Waals surface area contributed by atoms with Gasteiger partial charge >= 0.3 is 0 Å². The van der Waals surface area contributed by atoms with E-state index in [0.29, 0.717) is 11.2 Å². The third-order valence-corrected chi connectivity index (χ3v) is 2.77. The number of phenols is 1. The van der Waals surface area contributed by atoms with Crippen LogP contribution in [-0.2, 0) is 0 Å². The molecule has 3 aromatic rings. The quantitative estimate of drug-likeness (QED) is 0.271. The summed E-state index contributed by atoms with van der Waals surface area (Å²) in [5.74, 6) is 0.518. The van der Waals surface area contributed by atoms with E-state index >= 15 is 0 Å². The van der Waals surface area contributed by atoms with E-state index in [1.165, 1.54) is 11.0 Å². The molecule has 0 radical (unpaired) electrons. The molecule has 20 heavy (non-hydrogen) atoms. The average Bonchev–Trinajstić information content (AvgIpc) is 2.95. The van der Waals surface area contributed by atoms with Gasteiger partial charge in [-0.15, -0.1) is 5.10 Å². The van der Waals surface area contributed by atoms with Gasteiger partial charge in [-0.05, 0) is 23.6 Å². The van der Waals surface area contributed by atoms with E-state index in [9.17, 15) is 5.11 Å². The summed E-state index contributed by atoms with van der Waals surface area (Å²) in [6, 6.07) is 6.77. The largest absolute Gasteiger partial charge is 0.508 e. The Balaban J connectivity index is 2.19. The van der Waals surface area contributed by atoms with Crippen LogP contribution < -0.4 is 5.73 Å². The van der Waals surface area contributed by atoms with Crippen molar-refractivity contribution in [1.29, 1.82) is 0 Å². The number of hydrogen-bond donors (Lipinski definition) is 3. The predicted molar refractivity (Wildman–Crippen MR) is 70.8 cm³/mol. The first kappa shape index (κ1) is 11.9. The number of benzene rings is 1. The van der Waals surface area contributed by atoms with Crippen molar-refractivity contribution in [2.75, 3.05) is 0 Å². The highest BCUT2D eigenvalue weighted by Gasteiger charge is 2.10. The summed E-state index contributed by atoms with van der Waals surface area (Å²) in [4.78, 5) is 8.15. The number of nitrogens with two attached hydrogens (primary N) is 1. The molecule has 8 nitrogen and oxygen atoms in total. The minimum absolute atomic E-state index is 0.0893. The van der Waals surface area contributed by atoms with Crippen molar-refractivity contribution in [1.82, 2.24) is 19.7 Å². The van der Waals surface area contributed by atoms with E-state index in [-0.39, 0.29) is 17.4 Å². The Morgan fingerprint density at radius 1 is 1.25 bits per heavy atom. The fraction of sp³-hybridized carbons (Fsp3) is 0. The average molecular weight is 270 g/mol. The highest BCUT2D eigenvalue weighted by Crippen LogP contribution is 2.23. The topological polar surface area (TPSA) is 122 Å². The molecule has 2 heterocycles. The number of aromatic nitrogens is 4. The summed E-state index contributed by atoms with van der Waals surface area (Å²) in [5.41, 5.74) is 5.42. The Hall–Kier alpha value is -3.16. The zero-order chi connectivity index (χ0) is 14.1. The molecule has 0 aliphatic rings. The lowest BCUT2D eigenvalue weighted by atomic mass is 10.1. The molecule has 8 heteroatoms. The molecule has 1 aromatic carbocycles. The lowest BCUT2D eigenvalue weighted by Gasteiger charge is -2.05. The van der Waals surface area contributed by atoms with Crippen molar-refractivity contribution in [2.24, 2.45) is 10.9 Å². The molecule has 3 rings (SSSR count). The maximum Gasteiger partial charge on any atom is 0.220 e. The second-order valence-electron chi connectivity index (χ2n) is 4.04. The molecule has 0 aliphatic heterocycles. The van der Waals surface area contributed by atoms with Crippen LogP contribution in [-0.4, -0.2) is 35.9 Å². The van der Waals surface area contributed by atoms with Crippen molar-refractivity contribution in [3.05, 3.63) is 42.6 Å². The van der Waals surface area contributed by atoms with E-state index in [1.807, 2.05) is 6.07 Å². The molecule has 0 spiro atoms. The second kappa shape index (κ2) is 4.50. The van der Waals surface area contributed by atoms with Crippen LogP contribution in [0.25, 0.3) is 16.6 Å². The number of rotatable bonds is 2. The molecule has 0 fully saturated rings. The molecule has 0 bridgehead atoms. The molecule has 100 valence electrons. The van der Waals surface area contributed by atoms with Gasteiger partial charge in [0, 0.05) is 11.6 Å². The van der Waals surface area contributed by atoms with Gasteiger partial charge < -0.3 is 16.0 Å². The van der Waals surface area contributed by atoms with Crippen LogP contribution in [0.15, 0.2) is 41.9 Å². The van der Waals surface area contributed by atoms with Gasteiger partial charge in [-0.3, -0.25) is 0 Å². The van der Waals surface area contributed by atoms with Gasteiger partial charge in [0.05, 0.1) is 0 Å². The summed E-state index contributed by atoms with van der Waals surface area (Å²) in [5, 5.41) is 26.7. The maximum atomic E-state index is 9.59. The highest BCUT2D eigenvalue weighted by molar-refractivity contribution is 5.93. The Bertz CT molecular complexity index is 811. The van der Waals surface area contributed by atoms with Gasteiger partial charge in [0.25, 0.3) is 0 Å². The summed E-state index contributed by atoms with van der Waals surface area (Å²) in [6.45, 7) is 0. The van der Waals surface area contributed by atoms with Gasteiger partial charge in [0.2, 0.25) is 11.7 Å². The molecular weight excluding hydrogens is 260 g/mol. The zero-order valence-electron chi connectivity index (χ0n) is 10.2. The van der Waals surface area contributed by atoms with Gasteiger partial charge in [-0.25, -0.2) is 14.6 Å². The monoisotopic (exact) mass is 270 g/mol. The molecule has 0 saturated heterocycles. The molecule has 0 aliphatic carbocycles. The second-order valence-corrected chi connectivity index (χ2v) is 4.04. The standard InChI is InChI=1S/C12H10N6O2/c13-10(17-20)11-15-6-18(16-11)12-9-5-8(19)2-1-7(9)3-4-14-12/h1-6,19-20H,(H2,13,17). The van der Waals surface area contributed by atoms with Crippen molar-refractivity contribution in [2.45, 2.75) is 0 Å². The zero-order valence-corrected chi connectivity index (χ0v) is 10.2. The summed E-state index contributed by atoms with van der Waals surface area (Å²) >= 11 is 0. The molecule has 0 unspecified atom stereocenters. The molecule has 4 N–H and O–H groups in total. The van der Waals surface area contributed by atoms with Gasteiger partial charge in [-0.1, -0.05) is 11.2 Å². The van der Waals surface area contributed by atoms with Crippen LogP contribution in [0.2, 0.25) is 0 Å². The van der Waals surface area contributed by atoms with E-state index in [4.69, 9.17) is 10.9 Å². The Morgan fingerprint density at radius 2 is 2.10 bits per heavy atom. The SMILES string of the molecule is N/C(=N/O)c1ncn(-c2nccc3ccc(O)cc23)n1. The minimum atomic E-state index is -0.188. The third-order valence-electron chi connectivity index (χ3n) is 2.77. The van der Waals surface area contributed by atoms with E-state index in [2.05, 4.69) is 20.2 Å². The smallest absolute Gasteiger partial charge is 0.220 e. The lowest BCUT2D eigenvalue weighted by molar-refractivity contribution is 0.318. The van der Waals surface area contributed by atoms with Crippen LogP contribution in [0, 0.1) is 0 Å². The Kier molecular flexibility index (Phi) is 2.68. The van der Waals surface area contributed by atoms with Gasteiger partial charge in [-0.2, -0.15) is 0 Å². The van der Waals surface area contributed by atoms with Crippen LogP contribution in [0.1, 0.15) is 5.82 Å². The van der Waals surface area contributed by atoms with Crippen molar-refractivity contribution >= 4 is 16.6 Å². The van der Waals surface area contributed by atoms with Crippen molar-refractivity contribution in [3.63, 3.8) is 0 Å². The fourth-order valence-electron chi connectivity index (χ4n) is 1.85. The fourth-order valence-corrected chi connectivity index (χ4v) is 1.85. The number of nitrogens with zero attached hydrogens (tertiary/aromatic N) is 5. The highest BCUT2D eigenvalue weighted by atomic mass is 16.4. The lowest BCUT2D eigenvalue weighted by Crippen LogP contribution is -2.15. The first-order valence-electron chi connectivity index (χ1n) is 5.66. The first-order valence-corrected chi connectivity index (χ1v) is 5.66. The molecule has 0 atom stereocenters. The number of hydrogen-bond acceptors (Lipinski definition) is 6. The molecule has 2 aromatic heterocycles. The number of oxime groups is 1. The maximum absolute atomic E-state index is 9.59. The van der Waals surface area contributed by atoms with Crippen molar-refractivity contribution < 1.29 is 10.3 Å². The predicted octanol–water partition coefficient (Wildman–Crippen LogP) is 0.616. The third kappa shape index (κ3) is 1.88. The number of phenolic OH excluding ortho intramolecular Hbond substituents is 1. The van der Waals surface area contributed by atoms with Crippen molar-refractivity contribution in [3.8, 4) is 11.6 Å². The summed E-state index contributed by atoms with van der Waals surface area (Å²) in [6.07, 6.45) is 3.03. The van der Waals surface area contributed by atoms with Crippen LogP contribution in [0.3, 0.4) is 0 Å². The molecule has 0 amide bonds. The van der Waals surface area contributed by atoms with E-state index < -0.39 is 0 Å². The summed E-state index contributed by atoms with van der Waals surface area (Å²) in [7, 11) is 0. The number of amidine groups is 1. The molecular formula is C12H10N6O2. The summed E-state index contributed by atoms with van der Waals surface area (Å²) < 4.78 is 1.40. The van der Waals surface area contributed by atoms with E-state index in [0.717, 1.165) is 5.39 Å². The minimum Gasteiger partial charge on any atom is -0.508 e. The normalized spacial score (nSPS) is 11.9. The Morgan fingerprint density at radius 3 is 2.90 bits per heavy atom. The van der Waals surface area contributed by atoms with Gasteiger partial charge in [0.1, 0.15) is 12.1 Å². The number of pyridine rings is 1. The first-order chi connectivity index (χ1) is 9.69. The van der Waals surface area contributed by atoms with Crippen LogP contribution in [0.5, 0.6) is 5.75 Å². The number of fused-ring (bicyclic) bond motifs is 1.